The van der Waals surface area contributed by atoms with Crippen LogP contribution in [0.2, 0.25) is 0 Å². The second kappa shape index (κ2) is 10.1. The molecule has 3 heterocycles. The standard InChI is InChI=1S/C23H31F3N4O4S/c1-16-10-13-30(16)35(33,34)28-11-2-4-18(15-28)22(32)29-12-3-5-20(29)21(31)27-14-17-6-8-19(9-7-17)23(24,25)26/h6-9,16,18,20H,2-5,10-15H2,1H3,(H,27,31)/t16?,18-,20+/m0/s1. The van der Waals surface area contributed by atoms with Crippen LogP contribution in [0.25, 0.3) is 0 Å². The summed E-state index contributed by atoms with van der Waals surface area (Å²) in [7, 11) is -3.60. The Bertz CT molecular complexity index is 1050. The van der Waals surface area contributed by atoms with Gasteiger partial charge in [0.15, 0.2) is 0 Å². The molecule has 35 heavy (non-hydrogen) atoms. The van der Waals surface area contributed by atoms with Crippen molar-refractivity contribution in [2.75, 3.05) is 26.2 Å². The number of carbonyl (C=O) groups is 2. The van der Waals surface area contributed by atoms with E-state index in [0.29, 0.717) is 50.9 Å². The summed E-state index contributed by atoms with van der Waals surface area (Å²) in [5.74, 6) is -1.07. The van der Waals surface area contributed by atoms with Crippen molar-refractivity contribution in [1.29, 1.82) is 0 Å². The Labute approximate surface area is 203 Å². The number of halogens is 3. The maximum Gasteiger partial charge on any atom is 0.416 e. The summed E-state index contributed by atoms with van der Waals surface area (Å²) in [5.41, 5.74) is -0.233. The van der Waals surface area contributed by atoms with Gasteiger partial charge in [0.1, 0.15) is 6.04 Å². The maximum absolute atomic E-state index is 13.3. The first-order valence-corrected chi connectivity index (χ1v) is 13.4. The third-order valence-electron chi connectivity index (χ3n) is 7.20. The van der Waals surface area contributed by atoms with E-state index in [1.807, 2.05) is 6.92 Å². The second-order valence-electron chi connectivity index (χ2n) is 9.56. The molecule has 194 valence electrons. The summed E-state index contributed by atoms with van der Waals surface area (Å²) >= 11 is 0. The predicted octanol–water partition coefficient (Wildman–Crippen LogP) is 2.36. The molecule has 1 N–H and O–H groups in total. The molecular formula is C23H31F3N4O4S. The van der Waals surface area contributed by atoms with Crippen LogP contribution in [-0.2, 0) is 32.5 Å². The molecule has 3 aliphatic rings. The molecule has 0 spiro atoms. The van der Waals surface area contributed by atoms with Gasteiger partial charge in [-0.3, -0.25) is 9.59 Å². The summed E-state index contributed by atoms with van der Waals surface area (Å²) in [4.78, 5) is 27.7. The van der Waals surface area contributed by atoms with Crippen LogP contribution < -0.4 is 5.32 Å². The molecule has 12 heteroatoms. The molecule has 3 atom stereocenters. The number of nitrogens with zero attached hydrogens (tertiary/aromatic N) is 3. The van der Waals surface area contributed by atoms with Crippen LogP contribution in [0.5, 0.6) is 0 Å². The molecule has 0 bridgehead atoms. The van der Waals surface area contributed by atoms with E-state index in [1.54, 1.807) is 0 Å². The number of likely N-dealkylation sites (tertiary alicyclic amines) is 1. The van der Waals surface area contributed by atoms with Gasteiger partial charge >= 0.3 is 6.18 Å². The lowest BCUT2D eigenvalue weighted by Gasteiger charge is -2.42. The van der Waals surface area contributed by atoms with Crippen LogP contribution in [-0.4, -0.2) is 72.0 Å². The normalized spacial score (nSPS) is 26.4. The Kier molecular flexibility index (Phi) is 7.44. The molecule has 0 saturated carbocycles. The van der Waals surface area contributed by atoms with Crippen LogP contribution in [0.1, 0.15) is 50.2 Å². The van der Waals surface area contributed by atoms with Crippen LogP contribution in [0, 0.1) is 5.92 Å². The van der Waals surface area contributed by atoms with Crippen molar-refractivity contribution in [1.82, 2.24) is 18.8 Å². The summed E-state index contributed by atoms with van der Waals surface area (Å²) in [6.07, 6.45) is -1.30. The number of rotatable bonds is 6. The highest BCUT2D eigenvalue weighted by Gasteiger charge is 2.43. The molecule has 1 unspecified atom stereocenters. The topological polar surface area (TPSA) is 90.0 Å². The maximum atomic E-state index is 13.3. The number of hydrogen-bond acceptors (Lipinski definition) is 4. The largest absolute Gasteiger partial charge is 0.416 e. The van der Waals surface area contributed by atoms with Crippen molar-refractivity contribution in [2.45, 2.75) is 63.8 Å². The number of hydrogen-bond donors (Lipinski definition) is 1. The van der Waals surface area contributed by atoms with Crippen LogP contribution >= 0.6 is 0 Å². The molecule has 0 radical (unpaired) electrons. The van der Waals surface area contributed by atoms with Crippen LogP contribution in [0.4, 0.5) is 13.2 Å². The van der Waals surface area contributed by atoms with E-state index in [1.165, 1.54) is 25.6 Å². The fraction of sp³-hybridized carbons (Fsp3) is 0.652. The van der Waals surface area contributed by atoms with Crippen molar-refractivity contribution < 1.29 is 31.2 Å². The van der Waals surface area contributed by atoms with E-state index < -0.39 is 33.9 Å². The van der Waals surface area contributed by atoms with E-state index in [4.69, 9.17) is 0 Å². The van der Waals surface area contributed by atoms with Gasteiger partial charge in [-0.25, -0.2) is 0 Å². The van der Waals surface area contributed by atoms with E-state index in [0.717, 1.165) is 18.6 Å². The molecule has 8 nitrogen and oxygen atoms in total. The summed E-state index contributed by atoms with van der Waals surface area (Å²) in [6, 6.07) is 3.87. The van der Waals surface area contributed by atoms with Gasteiger partial charge in [-0.1, -0.05) is 12.1 Å². The molecule has 3 aliphatic heterocycles. The Hall–Kier alpha value is -2.18. The molecule has 3 saturated heterocycles. The molecule has 4 rings (SSSR count). The van der Waals surface area contributed by atoms with E-state index in [2.05, 4.69) is 5.32 Å². The summed E-state index contributed by atoms with van der Waals surface area (Å²) in [5, 5.41) is 2.73. The molecule has 1 aromatic carbocycles. The third-order valence-corrected chi connectivity index (χ3v) is 9.32. The predicted molar refractivity (Wildman–Crippen MR) is 122 cm³/mol. The molecule has 1 aromatic rings. The second-order valence-corrected chi connectivity index (χ2v) is 11.4. The zero-order valence-corrected chi connectivity index (χ0v) is 20.4. The lowest BCUT2D eigenvalue weighted by Crippen LogP contribution is -2.58. The summed E-state index contributed by atoms with van der Waals surface area (Å²) in [6.45, 7) is 3.33. The highest BCUT2D eigenvalue weighted by atomic mass is 32.2. The SMILES string of the molecule is CC1CCN1S(=O)(=O)N1CCC[C@H](C(=O)N2CCC[C@@H]2C(=O)NCc2ccc(C(F)(F)F)cc2)C1. The first kappa shape index (κ1) is 25.9. The lowest BCUT2D eigenvalue weighted by atomic mass is 9.97. The molecule has 2 amide bonds. The van der Waals surface area contributed by atoms with E-state index in [-0.39, 0.29) is 30.9 Å². The van der Waals surface area contributed by atoms with Gasteiger partial charge in [0.2, 0.25) is 11.8 Å². The average molecular weight is 517 g/mol. The first-order chi connectivity index (χ1) is 16.5. The van der Waals surface area contributed by atoms with Crippen molar-refractivity contribution in [3.8, 4) is 0 Å². The van der Waals surface area contributed by atoms with Crippen molar-refractivity contribution in [3.63, 3.8) is 0 Å². The lowest BCUT2D eigenvalue weighted by molar-refractivity contribution is -0.142. The fourth-order valence-corrected chi connectivity index (χ4v) is 6.91. The van der Waals surface area contributed by atoms with Gasteiger partial charge in [0.05, 0.1) is 11.5 Å². The third kappa shape index (κ3) is 5.49. The zero-order valence-electron chi connectivity index (χ0n) is 19.6. The van der Waals surface area contributed by atoms with Crippen LogP contribution in [0.3, 0.4) is 0 Å². The van der Waals surface area contributed by atoms with Gasteiger partial charge in [0.25, 0.3) is 10.2 Å². The van der Waals surface area contributed by atoms with Gasteiger partial charge in [-0.15, -0.1) is 0 Å². The quantitative estimate of drug-likeness (QED) is 0.629. The minimum atomic E-state index is -4.42. The van der Waals surface area contributed by atoms with Gasteiger partial charge in [-0.05, 0) is 56.7 Å². The van der Waals surface area contributed by atoms with E-state index in [9.17, 15) is 31.2 Å². The molecule has 0 aromatic heterocycles. The highest BCUT2D eigenvalue weighted by Crippen LogP contribution is 2.31. The Morgan fingerprint density at radius 2 is 1.71 bits per heavy atom. The Morgan fingerprint density at radius 3 is 2.31 bits per heavy atom. The van der Waals surface area contributed by atoms with Gasteiger partial charge in [-0.2, -0.15) is 30.2 Å². The zero-order chi connectivity index (χ0) is 25.4. The Balaban J connectivity index is 1.35. The number of carbonyl (C=O) groups excluding carboxylic acids is 2. The molecule has 3 fully saturated rings. The van der Waals surface area contributed by atoms with Crippen molar-refractivity contribution in [3.05, 3.63) is 35.4 Å². The number of amides is 2. The monoisotopic (exact) mass is 516 g/mol. The molecular weight excluding hydrogens is 485 g/mol. The minimum Gasteiger partial charge on any atom is -0.350 e. The average Bonchev–Trinajstić information content (AvgIpc) is 3.30. The minimum absolute atomic E-state index is 0.0348. The number of benzene rings is 1. The molecule has 0 aliphatic carbocycles. The van der Waals surface area contributed by atoms with Crippen molar-refractivity contribution >= 4 is 22.0 Å². The van der Waals surface area contributed by atoms with Gasteiger partial charge in [0, 0.05) is 38.8 Å². The van der Waals surface area contributed by atoms with E-state index >= 15 is 0 Å². The van der Waals surface area contributed by atoms with Crippen molar-refractivity contribution in [2.24, 2.45) is 5.92 Å². The fourth-order valence-electron chi connectivity index (χ4n) is 4.99. The van der Waals surface area contributed by atoms with Gasteiger partial charge < -0.3 is 10.2 Å². The summed E-state index contributed by atoms with van der Waals surface area (Å²) < 4.78 is 66.9. The highest BCUT2D eigenvalue weighted by molar-refractivity contribution is 7.86. The Morgan fingerprint density at radius 1 is 1.03 bits per heavy atom. The number of alkyl halides is 3. The number of piperidine rings is 1. The number of nitrogens with one attached hydrogen (secondary N) is 1. The smallest absolute Gasteiger partial charge is 0.350 e. The first-order valence-electron chi connectivity index (χ1n) is 12.0. The van der Waals surface area contributed by atoms with Crippen LogP contribution in [0.15, 0.2) is 24.3 Å².